The van der Waals surface area contributed by atoms with Gasteiger partial charge in [-0.15, -0.1) is 0 Å². The Labute approximate surface area is 163 Å². The summed E-state index contributed by atoms with van der Waals surface area (Å²) in [5.41, 5.74) is 1.38. The summed E-state index contributed by atoms with van der Waals surface area (Å²) in [5.74, 6) is -0.454. The lowest BCUT2D eigenvalue weighted by Crippen LogP contribution is -2.41. The van der Waals surface area contributed by atoms with Gasteiger partial charge in [-0.1, -0.05) is 41.9 Å². The molecule has 0 aliphatic carbocycles. The monoisotopic (exact) mass is 402 g/mol. The molecule has 2 N–H and O–H groups in total. The van der Waals surface area contributed by atoms with Gasteiger partial charge in [0, 0.05) is 10.7 Å². The first-order valence-electron chi connectivity index (χ1n) is 8.34. The number of aryl methyl sites for hydroxylation is 1. The van der Waals surface area contributed by atoms with Gasteiger partial charge in [0.05, 0.1) is 10.9 Å². The number of anilines is 1. The number of halogens is 1. The number of amides is 1. The van der Waals surface area contributed by atoms with Crippen molar-refractivity contribution < 1.29 is 13.2 Å². The normalized spacial score (nSPS) is 12.7. The summed E-state index contributed by atoms with van der Waals surface area (Å²) in [6.45, 7) is 3.31. The van der Waals surface area contributed by atoms with Gasteiger partial charge < -0.3 is 5.32 Å². The molecule has 1 amide bonds. The van der Waals surface area contributed by atoms with E-state index in [1.807, 2.05) is 31.2 Å². The number of hydrogen-bond donors (Lipinski definition) is 2. The Bertz CT molecular complexity index is 1110. The zero-order valence-electron chi connectivity index (χ0n) is 14.9. The zero-order valence-corrected chi connectivity index (χ0v) is 16.4. The van der Waals surface area contributed by atoms with E-state index in [1.165, 1.54) is 13.0 Å². The molecule has 0 bridgehead atoms. The molecule has 3 aromatic carbocycles. The lowest BCUT2D eigenvalue weighted by atomic mass is 10.1. The van der Waals surface area contributed by atoms with Gasteiger partial charge in [0.15, 0.2) is 0 Å². The number of carbonyl (C=O) groups is 1. The average Bonchev–Trinajstić information content (AvgIpc) is 2.63. The van der Waals surface area contributed by atoms with Crippen LogP contribution in [0.2, 0.25) is 5.02 Å². The fourth-order valence-corrected chi connectivity index (χ4v) is 4.16. The molecule has 3 aromatic rings. The van der Waals surface area contributed by atoms with Crippen molar-refractivity contribution in [2.45, 2.75) is 24.8 Å². The Hall–Kier alpha value is -2.41. The Balaban J connectivity index is 1.76. The smallest absolute Gasteiger partial charge is 0.242 e. The molecule has 0 saturated carbocycles. The van der Waals surface area contributed by atoms with Crippen LogP contribution in [0.5, 0.6) is 0 Å². The van der Waals surface area contributed by atoms with Gasteiger partial charge in [-0.05, 0) is 60.5 Å². The van der Waals surface area contributed by atoms with Crippen molar-refractivity contribution >= 4 is 44.0 Å². The third-order valence-corrected chi connectivity index (χ3v) is 5.98. The Morgan fingerprint density at radius 2 is 1.70 bits per heavy atom. The highest BCUT2D eigenvalue weighted by Crippen LogP contribution is 2.21. The van der Waals surface area contributed by atoms with Gasteiger partial charge in [-0.3, -0.25) is 4.79 Å². The van der Waals surface area contributed by atoms with Gasteiger partial charge in [0.25, 0.3) is 0 Å². The largest absolute Gasteiger partial charge is 0.324 e. The molecule has 27 heavy (non-hydrogen) atoms. The molecule has 1 atom stereocenters. The number of carbonyl (C=O) groups excluding carboxylic acids is 1. The fourth-order valence-electron chi connectivity index (χ4n) is 2.70. The van der Waals surface area contributed by atoms with E-state index in [1.54, 1.807) is 30.3 Å². The first-order chi connectivity index (χ1) is 12.8. The van der Waals surface area contributed by atoms with Crippen LogP contribution in [-0.2, 0) is 14.8 Å². The second kappa shape index (κ2) is 7.68. The average molecular weight is 403 g/mol. The third-order valence-electron chi connectivity index (χ3n) is 4.20. The summed E-state index contributed by atoms with van der Waals surface area (Å²) in [6, 6.07) is 16.5. The molecule has 0 aliphatic rings. The van der Waals surface area contributed by atoms with Gasteiger partial charge in [0.1, 0.15) is 0 Å². The van der Waals surface area contributed by atoms with Gasteiger partial charge in [-0.2, -0.15) is 4.72 Å². The summed E-state index contributed by atoms with van der Waals surface area (Å²) < 4.78 is 27.7. The maximum atomic E-state index is 12.6. The molecule has 3 rings (SSSR count). The van der Waals surface area contributed by atoms with E-state index in [4.69, 9.17) is 11.6 Å². The summed E-state index contributed by atoms with van der Waals surface area (Å²) >= 11 is 5.91. The minimum absolute atomic E-state index is 0.114. The highest BCUT2D eigenvalue weighted by molar-refractivity contribution is 7.89. The first kappa shape index (κ1) is 19.4. The van der Waals surface area contributed by atoms with Gasteiger partial charge in [0.2, 0.25) is 15.9 Å². The molecule has 140 valence electrons. The summed E-state index contributed by atoms with van der Waals surface area (Å²) in [5, 5.41) is 5.04. The van der Waals surface area contributed by atoms with Crippen molar-refractivity contribution in [3.63, 3.8) is 0 Å². The molecule has 0 spiro atoms. The topological polar surface area (TPSA) is 75.3 Å². The van der Waals surface area contributed by atoms with Crippen molar-refractivity contribution in [1.82, 2.24) is 4.72 Å². The van der Waals surface area contributed by atoms with E-state index in [9.17, 15) is 13.2 Å². The fraction of sp³-hybridized carbons (Fsp3) is 0.150. The molecular formula is C20H19ClN2O3S. The first-order valence-corrected chi connectivity index (χ1v) is 10.2. The Kier molecular flexibility index (Phi) is 5.51. The van der Waals surface area contributed by atoms with Crippen molar-refractivity contribution in [2.75, 3.05) is 5.32 Å². The van der Waals surface area contributed by atoms with Crippen LogP contribution >= 0.6 is 11.6 Å². The van der Waals surface area contributed by atoms with Crippen LogP contribution in [-0.4, -0.2) is 20.4 Å². The molecule has 7 heteroatoms. The summed E-state index contributed by atoms with van der Waals surface area (Å²) in [4.78, 5) is 12.5. The van der Waals surface area contributed by atoms with Gasteiger partial charge in [-0.25, -0.2) is 8.42 Å². The van der Waals surface area contributed by atoms with E-state index < -0.39 is 22.0 Å². The van der Waals surface area contributed by atoms with Crippen molar-refractivity contribution in [2.24, 2.45) is 0 Å². The van der Waals surface area contributed by atoms with Crippen LogP contribution < -0.4 is 10.0 Å². The van der Waals surface area contributed by atoms with E-state index >= 15 is 0 Å². The molecule has 0 heterocycles. The van der Waals surface area contributed by atoms with E-state index in [0.29, 0.717) is 10.7 Å². The number of fused-ring (bicyclic) bond motifs is 1. The summed E-state index contributed by atoms with van der Waals surface area (Å²) in [7, 11) is -3.84. The van der Waals surface area contributed by atoms with Crippen LogP contribution in [0.15, 0.2) is 65.6 Å². The maximum absolute atomic E-state index is 12.6. The minimum Gasteiger partial charge on any atom is -0.324 e. The van der Waals surface area contributed by atoms with Crippen LogP contribution in [0.3, 0.4) is 0 Å². The van der Waals surface area contributed by atoms with Crippen LogP contribution in [0, 0.1) is 6.92 Å². The predicted octanol–water partition coefficient (Wildman–Crippen LogP) is 4.11. The standard InChI is InChI=1S/C20H19ClN2O3S/c1-13-11-17(21)8-10-19(13)22-20(24)14(2)23-27(25,26)18-9-7-15-5-3-4-6-16(15)12-18/h3-12,14,23H,1-2H3,(H,22,24)/t14-/m0/s1. The predicted molar refractivity (Wildman–Crippen MR) is 109 cm³/mol. The second-order valence-electron chi connectivity index (χ2n) is 6.30. The number of rotatable bonds is 5. The highest BCUT2D eigenvalue weighted by Gasteiger charge is 2.22. The highest BCUT2D eigenvalue weighted by atomic mass is 35.5. The molecule has 0 fully saturated rings. The lowest BCUT2D eigenvalue weighted by Gasteiger charge is -2.16. The lowest BCUT2D eigenvalue weighted by molar-refractivity contribution is -0.117. The molecular weight excluding hydrogens is 384 g/mol. The van der Waals surface area contributed by atoms with Crippen LogP contribution in [0.25, 0.3) is 10.8 Å². The van der Waals surface area contributed by atoms with Crippen LogP contribution in [0.4, 0.5) is 5.69 Å². The Morgan fingerprint density at radius 3 is 2.41 bits per heavy atom. The molecule has 0 unspecified atom stereocenters. The number of nitrogens with one attached hydrogen (secondary N) is 2. The second-order valence-corrected chi connectivity index (χ2v) is 8.45. The maximum Gasteiger partial charge on any atom is 0.242 e. The van der Waals surface area contributed by atoms with Crippen LogP contribution in [0.1, 0.15) is 12.5 Å². The molecule has 0 aliphatic heterocycles. The molecule has 5 nitrogen and oxygen atoms in total. The molecule has 0 aromatic heterocycles. The minimum atomic E-state index is -3.84. The van der Waals surface area contributed by atoms with Crippen molar-refractivity contribution in [1.29, 1.82) is 0 Å². The Morgan fingerprint density at radius 1 is 1.00 bits per heavy atom. The number of benzene rings is 3. The molecule has 0 saturated heterocycles. The van der Waals surface area contributed by atoms with E-state index in [2.05, 4.69) is 10.0 Å². The number of hydrogen-bond acceptors (Lipinski definition) is 3. The quantitative estimate of drug-likeness (QED) is 0.674. The zero-order chi connectivity index (χ0) is 19.6. The van der Waals surface area contributed by atoms with E-state index in [0.717, 1.165) is 16.3 Å². The summed E-state index contributed by atoms with van der Waals surface area (Å²) in [6.07, 6.45) is 0. The third kappa shape index (κ3) is 4.47. The van der Waals surface area contributed by atoms with Crippen molar-refractivity contribution in [3.8, 4) is 0 Å². The molecule has 0 radical (unpaired) electrons. The van der Waals surface area contributed by atoms with Crippen molar-refractivity contribution in [3.05, 3.63) is 71.2 Å². The number of sulfonamides is 1. The van der Waals surface area contributed by atoms with E-state index in [-0.39, 0.29) is 4.90 Å². The SMILES string of the molecule is Cc1cc(Cl)ccc1NC(=O)[C@H](C)NS(=O)(=O)c1ccc2ccccc2c1. The van der Waals surface area contributed by atoms with Gasteiger partial charge >= 0.3 is 0 Å².